The highest BCUT2D eigenvalue weighted by Crippen LogP contribution is 2.23. The fourth-order valence-corrected chi connectivity index (χ4v) is 2.52. The van der Waals surface area contributed by atoms with Crippen LogP contribution in [-0.2, 0) is 4.74 Å². The van der Waals surface area contributed by atoms with E-state index in [9.17, 15) is 4.79 Å². The minimum absolute atomic E-state index is 0.0248. The molecule has 1 aliphatic heterocycles. The van der Waals surface area contributed by atoms with Crippen LogP contribution in [0.3, 0.4) is 0 Å². The van der Waals surface area contributed by atoms with Crippen molar-refractivity contribution in [2.45, 2.75) is 25.3 Å². The second-order valence-corrected chi connectivity index (χ2v) is 5.91. The number of amides is 1. The molecule has 0 aromatic carbocycles. The molecule has 6 nitrogen and oxygen atoms in total. The third-order valence-corrected chi connectivity index (χ3v) is 3.99. The highest BCUT2D eigenvalue weighted by Gasteiger charge is 2.21. The molecule has 120 valence electrons. The van der Waals surface area contributed by atoms with Gasteiger partial charge in [-0.05, 0) is 37.9 Å². The molecule has 1 aliphatic carbocycles. The molecule has 0 radical (unpaired) electrons. The first-order valence-electron chi connectivity index (χ1n) is 8.12. The van der Waals surface area contributed by atoms with Crippen LogP contribution >= 0.6 is 0 Å². The zero-order valence-electron chi connectivity index (χ0n) is 12.9. The normalized spacial score (nSPS) is 18.9. The lowest BCUT2D eigenvalue weighted by atomic mass is 10.2. The van der Waals surface area contributed by atoms with E-state index in [1.54, 1.807) is 12.3 Å². The lowest BCUT2D eigenvalue weighted by Crippen LogP contribution is -2.38. The molecule has 1 aromatic rings. The monoisotopic (exact) mass is 304 g/mol. The third kappa shape index (κ3) is 4.68. The molecule has 2 heterocycles. The summed E-state index contributed by atoms with van der Waals surface area (Å²) in [5.41, 5.74) is 0.671. The van der Waals surface area contributed by atoms with Crippen molar-refractivity contribution in [1.29, 1.82) is 0 Å². The van der Waals surface area contributed by atoms with E-state index >= 15 is 0 Å². The van der Waals surface area contributed by atoms with E-state index in [0.717, 1.165) is 45.1 Å². The van der Waals surface area contributed by atoms with Crippen LogP contribution in [0, 0.1) is 0 Å². The Hall–Kier alpha value is -1.66. The van der Waals surface area contributed by atoms with Crippen molar-refractivity contribution in [2.75, 3.05) is 44.7 Å². The quantitative estimate of drug-likeness (QED) is 0.739. The Bertz CT molecular complexity index is 499. The van der Waals surface area contributed by atoms with Crippen molar-refractivity contribution in [3.63, 3.8) is 0 Å². The van der Waals surface area contributed by atoms with Gasteiger partial charge in [-0.2, -0.15) is 0 Å². The molecule has 2 N–H and O–H groups in total. The van der Waals surface area contributed by atoms with Crippen LogP contribution in [0.1, 0.15) is 29.6 Å². The Morgan fingerprint density at radius 3 is 2.95 bits per heavy atom. The summed E-state index contributed by atoms with van der Waals surface area (Å²) < 4.78 is 5.32. The molecular formula is C16H24N4O2. The van der Waals surface area contributed by atoms with Gasteiger partial charge in [-0.25, -0.2) is 4.98 Å². The van der Waals surface area contributed by atoms with Gasteiger partial charge in [0.15, 0.2) is 0 Å². The summed E-state index contributed by atoms with van der Waals surface area (Å²) in [6, 6.07) is 4.13. The lowest BCUT2D eigenvalue weighted by molar-refractivity contribution is 0.0374. The van der Waals surface area contributed by atoms with E-state index in [4.69, 9.17) is 4.74 Å². The molecule has 1 aromatic heterocycles. The summed E-state index contributed by atoms with van der Waals surface area (Å²) in [5, 5.41) is 6.29. The molecule has 0 unspecified atom stereocenters. The highest BCUT2D eigenvalue weighted by atomic mass is 16.5. The highest BCUT2D eigenvalue weighted by molar-refractivity contribution is 5.94. The van der Waals surface area contributed by atoms with Gasteiger partial charge in [0.1, 0.15) is 5.82 Å². The van der Waals surface area contributed by atoms with Crippen molar-refractivity contribution < 1.29 is 9.53 Å². The first kappa shape index (κ1) is 15.2. The maximum Gasteiger partial charge on any atom is 0.251 e. The molecule has 22 heavy (non-hydrogen) atoms. The van der Waals surface area contributed by atoms with Gasteiger partial charge in [0.25, 0.3) is 5.91 Å². The number of pyridine rings is 1. The SMILES string of the molecule is O=C(NCCCN1CCOCC1)c1ccnc(NC2CC2)c1. The number of hydrogen-bond donors (Lipinski definition) is 2. The van der Waals surface area contributed by atoms with Gasteiger partial charge in [-0.1, -0.05) is 0 Å². The zero-order valence-corrected chi connectivity index (χ0v) is 12.9. The van der Waals surface area contributed by atoms with E-state index < -0.39 is 0 Å². The number of morpholine rings is 1. The van der Waals surface area contributed by atoms with Crippen LogP contribution in [0.15, 0.2) is 18.3 Å². The van der Waals surface area contributed by atoms with Gasteiger partial charge < -0.3 is 15.4 Å². The van der Waals surface area contributed by atoms with Crippen molar-refractivity contribution in [2.24, 2.45) is 0 Å². The van der Waals surface area contributed by atoms with Gasteiger partial charge >= 0.3 is 0 Å². The summed E-state index contributed by atoms with van der Waals surface area (Å²) in [7, 11) is 0. The Kier molecular flexibility index (Phi) is 5.24. The number of rotatable bonds is 7. The first-order valence-corrected chi connectivity index (χ1v) is 8.12. The third-order valence-electron chi connectivity index (χ3n) is 3.99. The molecule has 0 bridgehead atoms. The topological polar surface area (TPSA) is 66.5 Å². The fourth-order valence-electron chi connectivity index (χ4n) is 2.52. The largest absolute Gasteiger partial charge is 0.379 e. The molecule has 1 amide bonds. The zero-order chi connectivity index (χ0) is 15.2. The first-order chi connectivity index (χ1) is 10.8. The van der Waals surface area contributed by atoms with E-state index in [1.807, 2.05) is 6.07 Å². The lowest BCUT2D eigenvalue weighted by Gasteiger charge is -2.26. The van der Waals surface area contributed by atoms with Crippen LogP contribution in [0.5, 0.6) is 0 Å². The minimum Gasteiger partial charge on any atom is -0.379 e. The molecule has 3 rings (SSSR count). The molecule has 2 fully saturated rings. The molecule has 0 spiro atoms. The number of nitrogens with zero attached hydrogens (tertiary/aromatic N) is 2. The molecule has 6 heteroatoms. The standard InChI is InChI=1S/C16H24N4O2/c21-16(18-5-1-7-20-8-10-22-11-9-20)13-4-6-17-15(12-13)19-14-2-3-14/h4,6,12,14H,1-3,5,7-11H2,(H,17,19)(H,18,21). The van der Waals surface area contributed by atoms with Crippen LogP contribution in [-0.4, -0.2) is 61.2 Å². The Balaban J connectivity index is 1.39. The average Bonchev–Trinajstić information content (AvgIpc) is 3.36. The Labute approximate surface area is 131 Å². The predicted octanol–water partition coefficient (Wildman–Crippen LogP) is 1.11. The average molecular weight is 304 g/mol. The molecule has 1 saturated heterocycles. The number of ether oxygens (including phenoxy) is 1. The molecule has 1 saturated carbocycles. The smallest absolute Gasteiger partial charge is 0.251 e. The number of hydrogen-bond acceptors (Lipinski definition) is 5. The summed E-state index contributed by atoms with van der Waals surface area (Å²) in [4.78, 5) is 18.8. The van der Waals surface area contributed by atoms with Crippen molar-refractivity contribution in [3.8, 4) is 0 Å². The number of carbonyl (C=O) groups is 1. The van der Waals surface area contributed by atoms with Crippen molar-refractivity contribution in [3.05, 3.63) is 23.9 Å². The van der Waals surface area contributed by atoms with E-state index in [2.05, 4.69) is 20.5 Å². The van der Waals surface area contributed by atoms with E-state index in [0.29, 0.717) is 18.2 Å². The second kappa shape index (κ2) is 7.56. The van der Waals surface area contributed by atoms with Gasteiger partial charge in [0.05, 0.1) is 13.2 Å². The predicted molar refractivity (Wildman–Crippen MR) is 85.1 cm³/mol. The molecular weight excluding hydrogens is 280 g/mol. The number of anilines is 1. The maximum absolute atomic E-state index is 12.1. The van der Waals surface area contributed by atoms with E-state index in [1.165, 1.54) is 12.8 Å². The summed E-state index contributed by atoms with van der Waals surface area (Å²) in [5.74, 6) is 0.770. The minimum atomic E-state index is -0.0248. The van der Waals surface area contributed by atoms with Crippen LogP contribution in [0.2, 0.25) is 0 Å². The fraction of sp³-hybridized carbons (Fsp3) is 0.625. The number of carbonyl (C=O) groups excluding carboxylic acids is 1. The van der Waals surface area contributed by atoms with Gasteiger partial charge in [0.2, 0.25) is 0 Å². The van der Waals surface area contributed by atoms with Gasteiger partial charge in [-0.3, -0.25) is 9.69 Å². The Morgan fingerprint density at radius 2 is 2.18 bits per heavy atom. The van der Waals surface area contributed by atoms with E-state index in [-0.39, 0.29) is 5.91 Å². The summed E-state index contributed by atoms with van der Waals surface area (Å²) in [6.07, 6.45) is 5.04. The summed E-state index contributed by atoms with van der Waals surface area (Å²) >= 11 is 0. The Morgan fingerprint density at radius 1 is 1.36 bits per heavy atom. The van der Waals surface area contributed by atoms with Crippen molar-refractivity contribution in [1.82, 2.24) is 15.2 Å². The van der Waals surface area contributed by atoms with Gasteiger partial charge in [0, 0.05) is 37.4 Å². The van der Waals surface area contributed by atoms with Gasteiger partial charge in [-0.15, -0.1) is 0 Å². The van der Waals surface area contributed by atoms with Crippen LogP contribution < -0.4 is 10.6 Å². The number of nitrogens with one attached hydrogen (secondary N) is 2. The second-order valence-electron chi connectivity index (χ2n) is 5.91. The number of aromatic nitrogens is 1. The maximum atomic E-state index is 12.1. The molecule has 2 aliphatic rings. The van der Waals surface area contributed by atoms with Crippen molar-refractivity contribution >= 4 is 11.7 Å². The summed E-state index contributed by atoms with van der Waals surface area (Å²) in [6.45, 7) is 5.33. The van der Waals surface area contributed by atoms with Crippen LogP contribution in [0.4, 0.5) is 5.82 Å². The van der Waals surface area contributed by atoms with Crippen LogP contribution in [0.25, 0.3) is 0 Å². The molecule has 0 atom stereocenters.